The first kappa shape index (κ1) is 25.2. The summed E-state index contributed by atoms with van der Waals surface area (Å²) in [7, 11) is 3.87. The highest BCUT2D eigenvalue weighted by molar-refractivity contribution is 7.09. The molecule has 9 nitrogen and oxygen atoms in total. The van der Waals surface area contributed by atoms with Gasteiger partial charge in [0.1, 0.15) is 10.9 Å². The molecule has 3 aromatic rings. The van der Waals surface area contributed by atoms with Crippen LogP contribution in [0.2, 0.25) is 0 Å². The Morgan fingerprint density at radius 3 is 2.19 bits per heavy atom. The monoisotopic (exact) mass is 506 g/mol. The van der Waals surface area contributed by atoms with E-state index in [0.717, 1.165) is 42.9 Å². The van der Waals surface area contributed by atoms with Crippen molar-refractivity contribution in [3.05, 3.63) is 70.7 Å². The number of amides is 3. The number of anilines is 3. The maximum atomic E-state index is 14.0. The van der Waals surface area contributed by atoms with Gasteiger partial charge in [0.2, 0.25) is 5.91 Å². The lowest BCUT2D eigenvalue weighted by Crippen LogP contribution is -2.46. The predicted octanol–water partition coefficient (Wildman–Crippen LogP) is 3.34. The summed E-state index contributed by atoms with van der Waals surface area (Å²) in [6, 6.07) is 15.5. The van der Waals surface area contributed by atoms with Crippen molar-refractivity contribution in [2.45, 2.75) is 37.8 Å². The fraction of sp³-hybridized carbons (Fsp3) is 0.308. The zero-order valence-corrected chi connectivity index (χ0v) is 21.1. The molecule has 0 radical (unpaired) electrons. The number of nitrogens with zero attached hydrogens (tertiary/aromatic N) is 3. The fourth-order valence-electron chi connectivity index (χ4n) is 4.43. The summed E-state index contributed by atoms with van der Waals surface area (Å²) < 4.78 is 3.99. The van der Waals surface area contributed by atoms with Crippen LogP contribution >= 0.6 is 11.5 Å². The van der Waals surface area contributed by atoms with Gasteiger partial charge in [-0.1, -0.05) is 43.2 Å². The summed E-state index contributed by atoms with van der Waals surface area (Å²) in [5, 5.41) is 3.15. The molecule has 4 rings (SSSR count). The number of hydrogen-bond acceptors (Lipinski definition) is 7. The molecular weight excluding hydrogens is 476 g/mol. The number of hydrogen-bond donors (Lipinski definition) is 3. The summed E-state index contributed by atoms with van der Waals surface area (Å²) in [5.74, 6) is -1.63. The number of aromatic nitrogens is 1. The number of primary amides is 1. The van der Waals surface area contributed by atoms with Gasteiger partial charge in [0, 0.05) is 31.5 Å². The first-order valence-electron chi connectivity index (χ1n) is 11.8. The molecule has 0 unspecified atom stereocenters. The van der Waals surface area contributed by atoms with Gasteiger partial charge >= 0.3 is 0 Å². The summed E-state index contributed by atoms with van der Waals surface area (Å²) in [6.07, 6.45) is 3.92. The second-order valence-electron chi connectivity index (χ2n) is 9.03. The van der Waals surface area contributed by atoms with E-state index in [1.807, 2.05) is 49.3 Å². The molecule has 1 heterocycles. The summed E-state index contributed by atoms with van der Waals surface area (Å²) >= 11 is 0.794. The Morgan fingerprint density at radius 1 is 1.00 bits per heavy atom. The molecule has 1 saturated carbocycles. The maximum absolute atomic E-state index is 14.0. The van der Waals surface area contributed by atoms with Gasteiger partial charge in [0.15, 0.2) is 5.69 Å². The van der Waals surface area contributed by atoms with E-state index in [2.05, 4.69) is 9.69 Å². The van der Waals surface area contributed by atoms with Crippen molar-refractivity contribution >= 4 is 46.3 Å². The van der Waals surface area contributed by atoms with Gasteiger partial charge in [-0.05, 0) is 54.2 Å². The van der Waals surface area contributed by atoms with E-state index in [0.29, 0.717) is 11.3 Å². The lowest BCUT2D eigenvalue weighted by molar-refractivity contribution is -0.123. The highest BCUT2D eigenvalue weighted by Crippen LogP contribution is 2.34. The van der Waals surface area contributed by atoms with Crippen LogP contribution in [0.1, 0.15) is 57.4 Å². The molecule has 1 aliphatic rings. The van der Waals surface area contributed by atoms with Gasteiger partial charge in [-0.3, -0.25) is 19.3 Å². The molecular formula is C26H30N6O3S. The van der Waals surface area contributed by atoms with E-state index in [9.17, 15) is 14.4 Å². The maximum Gasteiger partial charge on any atom is 0.273 e. The minimum atomic E-state index is -0.977. The number of para-hydroxylation sites is 1. The Morgan fingerprint density at radius 2 is 1.64 bits per heavy atom. The van der Waals surface area contributed by atoms with Crippen molar-refractivity contribution < 1.29 is 14.4 Å². The van der Waals surface area contributed by atoms with Gasteiger partial charge in [-0.25, -0.2) is 0 Å². The van der Waals surface area contributed by atoms with E-state index in [-0.39, 0.29) is 28.2 Å². The Kier molecular flexibility index (Phi) is 7.54. The number of nitrogens with one attached hydrogen (secondary N) is 1. The molecule has 1 aliphatic carbocycles. The third kappa shape index (κ3) is 5.18. The molecule has 1 fully saturated rings. The number of carbonyl (C=O) groups is 3. The fourth-order valence-corrected chi connectivity index (χ4v) is 5.18. The van der Waals surface area contributed by atoms with Crippen LogP contribution in [0.3, 0.4) is 0 Å². The van der Waals surface area contributed by atoms with Crippen molar-refractivity contribution in [1.29, 1.82) is 0 Å². The van der Waals surface area contributed by atoms with Gasteiger partial charge in [0.25, 0.3) is 11.8 Å². The Labute approximate surface area is 214 Å². The third-order valence-corrected chi connectivity index (χ3v) is 7.19. The Bertz CT molecular complexity index is 1240. The van der Waals surface area contributed by atoms with Gasteiger partial charge in [0.05, 0.1) is 5.69 Å². The topological polar surface area (TPSA) is 135 Å². The zero-order valence-electron chi connectivity index (χ0n) is 20.3. The zero-order chi connectivity index (χ0) is 25.8. The van der Waals surface area contributed by atoms with Crippen molar-refractivity contribution in [2.24, 2.45) is 5.73 Å². The lowest BCUT2D eigenvalue weighted by Gasteiger charge is -2.32. The van der Waals surface area contributed by atoms with Crippen LogP contribution in [0.5, 0.6) is 0 Å². The first-order valence-corrected chi connectivity index (χ1v) is 12.6. The van der Waals surface area contributed by atoms with Crippen LogP contribution in [0.15, 0.2) is 54.6 Å². The molecule has 0 aliphatic heterocycles. The molecule has 1 atom stereocenters. The summed E-state index contributed by atoms with van der Waals surface area (Å²) in [6.45, 7) is 0. The van der Waals surface area contributed by atoms with Crippen LogP contribution in [0.25, 0.3) is 0 Å². The quantitative estimate of drug-likeness (QED) is 0.429. The highest BCUT2D eigenvalue weighted by Gasteiger charge is 2.37. The van der Waals surface area contributed by atoms with Crippen LogP contribution in [-0.4, -0.2) is 42.2 Å². The third-order valence-electron chi connectivity index (χ3n) is 6.34. The lowest BCUT2D eigenvalue weighted by atomic mass is 10.0. The second-order valence-corrected chi connectivity index (χ2v) is 9.80. The number of benzene rings is 2. The highest BCUT2D eigenvalue weighted by atomic mass is 32.1. The molecule has 0 bridgehead atoms. The minimum Gasteiger partial charge on any atom is -0.395 e. The van der Waals surface area contributed by atoms with E-state index >= 15 is 0 Å². The SMILES string of the molecule is CN(C)c1ccc([C@@H](C(=O)NC2CCCC2)N(C(=O)c2snc(C(N)=O)c2N)c2ccccc2)cc1. The molecule has 0 spiro atoms. The van der Waals surface area contributed by atoms with Crippen molar-refractivity contribution in [3.8, 4) is 0 Å². The van der Waals surface area contributed by atoms with E-state index < -0.39 is 17.9 Å². The van der Waals surface area contributed by atoms with Crippen LogP contribution in [0.4, 0.5) is 17.1 Å². The molecule has 1 aromatic heterocycles. The van der Waals surface area contributed by atoms with E-state index in [4.69, 9.17) is 11.5 Å². The smallest absolute Gasteiger partial charge is 0.273 e. The molecule has 188 valence electrons. The standard InChI is InChI=1S/C26H30N6O3S/c1-31(2)18-14-12-16(13-15-18)22(25(34)29-17-8-6-7-9-17)32(19-10-4-3-5-11-19)26(35)23-20(27)21(24(28)33)30-36-23/h3-5,10-15,17,22H,6-9,27H2,1-2H3,(H2,28,33)(H,29,34)/t22-/m0/s1. The van der Waals surface area contributed by atoms with Crippen LogP contribution in [-0.2, 0) is 4.79 Å². The second kappa shape index (κ2) is 10.8. The van der Waals surface area contributed by atoms with Crippen LogP contribution < -0.4 is 26.6 Å². The van der Waals surface area contributed by atoms with Crippen LogP contribution in [0, 0.1) is 0 Å². The normalized spacial score (nSPS) is 14.3. The number of nitrogens with two attached hydrogens (primary N) is 2. The molecule has 36 heavy (non-hydrogen) atoms. The average Bonchev–Trinajstić information content (AvgIpc) is 3.52. The van der Waals surface area contributed by atoms with Gasteiger partial charge in [-0.15, -0.1) is 0 Å². The number of nitrogen functional groups attached to an aromatic ring is 1. The summed E-state index contributed by atoms with van der Waals surface area (Å²) in [5.41, 5.74) is 13.4. The van der Waals surface area contributed by atoms with E-state index in [1.165, 1.54) is 4.90 Å². The van der Waals surface area contributed by atoms with E-state index in [1.54, 1.807) is 24.3 Å². The number of rotatable bonds is 8. The summed E-state index contributed by atoms with van der Waals surface area (Å²) in [4.78, 5) is 43.0. The Balaban J connectivity index is 1.83. The molecule has 0 saturated heterocycles. The Hall–Kier alpha value is -3.92. The van der Waals surface area contributed by atoms with Crippen molar-refractivity contribution in [2.75, 3.05) is 29.6 Å². The van der Waals surface area contributed by atoms with Crippen molar-refractivity contribution in [1.82, 2.24) is 9.69 Å². The van der Waals surface area contributed by atoms with Gasteiger partial charge in [-0.2, -0.15) is 4.37 Å². The molecule has 5 N–H and O–H groups in total. The molecule has 3 amide bonds. The average molecular weight is 507 g/mol. The van der Waals surface area contributed by atoms with Crippen molar-refractivity contribution in [3.63, 3.8) is 0 Å². The first-order chi connectivity index (χ1) is 17.3. The molecule has 2 aromatic carbocycles. The minimum absolute atomic E-state index is 0.0521. The number of carbonyl (C=O) groups excluding carboxylic acids is 3. The largest absolute Gasteiger partial charge is 0.395 e. The molecule has 10 heteroatoms. The predicted molar refractivity (Wildman–Crippen MR) is 142 cm³/mol. The van der Waals surface area contributed by atoms with Gasteiger partial charge < -0.3 is 21.7 Å².